The van der Waals surface area contributed by atoms with Gasteiger partial charge in [0.2, 0.25) is 15.8 Å². The summed E-state index contributed by atoms with van der Waals surface area (Å²) < 4.78 is 31.8. The van der Waals surface area contributed by atoms with Crippen molar-refractivity contribution in [2.24, 2.45) is 0 Å². The maximum Gasteiger partial charge on any atom is 0.371 e. The second kappa shape index (κ2) is 5.78. The lowest BCUT2D eigenvalue weighted by Crippen LogP contribution is -2.52. The molecule has 0 amide bonds. The Balaban J connectivity index is 2.32. The Morgan fingerprint density at radius 2 is 2.14 bits per heavy atom. The SMILES string of the molecule is CCC1CN(S(=O)(=O)c2cc(C(=O)O)oc2C)CCN1C. The van der Waals surface area contributed by atoms with Crippen molar-refractivity contribution in [1.82, 2.24) is 9.21 Å². The zero-order valence-electron chi connectivity index (χ0n) is 12.4. The summed E-state index contributed by atoms with van der Waals surface area (Å²) in [5.41, 5.74) is 0. The van der Waals surface area contributed by atoms with Crippen LogP contribution in [0.2, 0.25) is 0 Å². The Labute approximate surface area is 124 Å². The van der Waals surface area contributed by atoms with Gasteiger partial charge in [0.25, 0.3) is 0 Å². The first-order valence-corrected chi connectivity index (χ1v) is 8.25. The summed E-state index contributed by atoms with van der Waals surface area (Å²) in [7, 11) is -1.75. The maximum atomic E-state index is 12.7. The first kappa shape index (κ1) is 16.0. The zero-order chi connectivity index (χ0) is 15.8. The number of furan rings is 1. The largest absolute Gasteiger partial charge is 0.475 e. The number of hydrogen-bond donors (Lipinski definition) is 1. The van der Waals surface area contributed by atoms with Crippen LogP contribution in [0, 0.1) is 6.92 Å². The molecule has 1 N–H and O–H groups in total. The molecular formula is C13H20N2O5S. The van der Waals surface area contributed by atoms with E-state index in [1.807, 2.05) is 14.0 Å². The van der Waals surface area contributed by atoms with Crippen LogP contribution in [0.5, 0.6) is 0 Å². The third kappa shape index (κ3) is 2.97. The van der Waals surface area contributed by atoms with Gasteiger partial charge in [0, 0.05) is 31.7 Å². The number of piperazine rings is 1. The van der Waals surface area contributed by atoms with Crippen molar-refractivity contribution in [2.75, 3.05) is 26.7 Å². The number of carbonyl (C=O) groups is 1. The fourth-order valence-corrected chi connectivity index (χ4v) is 4.17. The van der Waals surface area contributed by atoms with Gasteiger partial charge < -0.3 is 14.4 Å². The molecule has 1 aliphatic heterocycles. The number of carboxylic acids is 1. The minimum Gasteiger partial charge on any atom is -0.475 e. The third-order valence-electron chi connectivity index (χ3n) is 3.91. The van der Waals surface area contributed by atoms with Gasteiger partial charge in [-0.15, -0.1) is 0 Å². The summed E-state index contributed by atoms with van der Waals surface area (Å²) in [5.74, 6) is -1.52. The molecule has 0 radical (unpaired) electrons. The highest BCUT2D eigenvalue weighted by Gasteiger charge is 2.34. The van der Waals surface area contributed by atoms with Crippen molar-refractivity contribution in [2.45, 2.75) is 31.2 Å². The quantitative estimate of drug-likeness (QED) is 0.891. The molecule has 8 heteroatoms. The number of hydrogen-bond acceptors (Lipinski definition) is 5. The molecule has 1 aromatic rings. The van der Waals surface area contributed by atoms with Gasteiger partial charge in [-0.3, -0.25) is 0 Å². The van der Waals surface area contributed by atoms with E-state index in [9.17, 15) is 13.2 Å². The summed E-state index contributed by atoms with van der Waals surface area (Å²) in [6.07, 6.45) is 0.854. The van der Waals surface area contributed by atoms with Gasteiger partial charge in [0.05, 0.1) is 0 Å². The van der Waals surface area contributed by atoms with Crippen LogP contribution in [-0.4, -0.2) is 61.4 Å². The van der Waals surface area contributed by atoms with Crippen molar-refractivity contribution < 1.29 is 22.7 Å². The standard InChI is InChI=1S/C13H20N2O5S/c1-4-10-8-15(6-5-14(10)3)21(18,19)12-7-11(13(16)17)20-9(12)2/h7,10H,4-6,8H2,1-3H3,(H,16,17). The molecule has 118 valence electrons. The van der Waals surface area contributed by atoms with Crippen molar-refractivity contribution in [3.63, 3.8) is 0 Å². The number of likely N-dealkylation sites (N-methyl/N-ethyl adjacent to an activating group) is 1. The summed E-state index contributed by atoms with van der Waals surface area (Å²) >= 11 is 0. The lowest BCUT2D eigenvalue weighted by molar-refractivity contribution is 0.0661. The molecule has 0 bridgehead atoms. The average Bonchev–Trinajstić information content (AvgIpc) is 2.82. The zero-order valence-corrected chi connectivity index (χ0v) is 13.2. The second-order valence-corrected chi connectivity index (χ2v) is 7.15. The molecule has 0 spiro atoms. The van der Waals surface area contributed by atoms with Gasteiger partial charge in [-0.05, 0) is 20.4 Å². The molecule has 0 aromatic carbocycles. The van der Waals surface area contributed by atoms with Crippen molar-refractivity contribution in [3.05, 3.63) is 17.6 Å². The van der Waals surface area contributed by atoms with E-state index < -0.39 is 16.0 Å². The molecular weight excluding hydrogens is 296 g/mol. The Morgan fingerprint density at radius 3 is 2.67 bits per heavy atom. The van der Waals surface area contributed by atoms with Crippen molar-refractivity contribution in [1.29, 1.82) is 0 Å². The van der Waals surface area contributed by atoms with E-state index in [2.05, 4.69) is 4.90 Å². The minimum atomic E-state index is -3.72. The molecule has 1 saturated heterocycles. The average molecular weight is 316 g/mol. The van der Waals surface area contributed by atoms with E-state index in [0.717, 1.165) is 12.5 Å². The molecule has 1 fully saturated rings. The van der Waals surface area contributed by atoms with Crippen LogP contribution in [0.1, 0.15) is 29.7 Å². The topological polar surface area (TPSA) is 91.1 Å². The highest BCUT2D eigenvalue weighted by atomic mass is 32.2. The molecule has 2 rings (SSSR count). The number of sulfonamides is 1. The first-order valence-electron chi connectivity index (χ1n) is 6.81. The van der Waals surface area contributed by atoms with Crippen LogP contribution in [0.4, 0.5) is 0 Å². The number of nitrogens with zero attached hydrogens (tertiary/aromatic N) is 2. The normalized spacial score (nSPS) is 21.6. The van der Waals surface area contributed by atoms with E-state index in [1.54, 1.807) is 0 Å². The predicted octanol–water partition coefficient (Wildman–Crippen LogP) is 1.00. The van der Waals surface area contributed by atoms with E-state index in [4.69, 9.17) is 9.52 Å². The highest BCUT2D eigenvalue weighted by molar-refractivity contribution is 7.89. The van der Waals surface area contributed by atoms with Crippen LogP contribution in [0.15, 0.2) is 15.4 Å². The highest BCUT2D eigenvalue weighted by Crippen LogP contribution is 2.26. The molecule has 1 unspecified atom stereocenters. The third-order valence-corrected chi connectivity index (χ3v) is 5.88. The summed E-state index contributed by atoms with van der Waals surface area (Å²) in [4.78, 5) is 13.0. The lowest BCUT2D eigenvalue weighted by Gasteiger charge is -2.38. The van der Waals surface area contributed by atoms with Gasteiger partial charge in [0.1, 0.15) is 10.7 Å². The second-order valence-electron chi connectivity index (χ2n) is 5.24. The number of aryl methyl sites for hydroxylation is 1. The maximum absolute atomic E-state index is 12.7. The first-order chi connectivity index (χ1) is 9.77. The summed E-state index contributed by atoms with van der Waals surface area (Å²) in [6, 6.07) is 1.26. The molecule has 0 saturated carbocycles. The molecule has 1 aromatic heterocycles. The van der Waals surface area contributed by atoms with Crippen LogP contribution in [-0.2, 0) is 10.0 Å². The summed E-state index contributed by atoms with van der Waals surface area (Å²) in [5, 5.41) is 8.90. The van der Waals surface area contributed by atoms with E-state index in [1.165, 1.54) is 11.2 Å². The van der Waals surface area contributed by atoms with E-state index in [0.29, 0.717) is 19.6 Å². The van der Waals surface area contributed by atoms with Crippen molar-refractivity contribution >= 4 is 16.0 Å². The molecule has 1 aliphatic rings. The van der Waals surface area contributed by atoms with Gasteiger partial charge in [-0.1, -0.05) is 6.92 Å². The predicted molar refractivity (Wildman–Crippen MR) is 75.9 cm³/mol. The van der Waals surface area contributed by atoms with Gasteiger partial charge >= 0.3 is 5.97 Å². The fourth-order valence-electron chi connectivity index (χ4n) is 2.54. The van der Waals surface area contributed by atoms with Crippen LogP contribution >= 0.6 is 0 Å². The summed E-state index contributed by atoms with van der Waals surface area (Å²) in [6.45, 7) is 4.93. The van der Waals surface area contributed by atoms with Crippen molar-refractivity contribution in [3.8, 4) is 0 Å². The van der Waals surface area contributed by atoms with Gasteiger partial charge in [-0.25, -0.2) is 13.2 Å². The fraction of sp³-hybridized carbons (Fsp3) is 0.615. The van der Waals surface area contributed by atoms with Gasteiger partial charge in [0.15, 0.2) is 0 Å². The smallest absolute Gasteiger partial charge is 0.371 e. The number of rotatable bonds is 4. The molecule has 0 aliphatic carbocycles. The number of carboxylic acid groups (broad SMARTS) is 1. The molecule has 2 heterocycles. The van der Waals surface area contributed by atoms with Crippen LogP contribution < -0.4 is 0 Å². The molecule has 21 heavy (non-hydrogen) atoms. The Kier molecular flexibility index (Phi) is 4.40. The monoisotopic (exact) mass is 316 g/mol. The Morgan fingerprint density at radius 1 is 1.48 bits per heavy atom. The van der Waals surface area contributed by atoms with Crippen LogP contribution in [0.25, 0.3) is 0 Å². The molecule has 7 nitrogen and oxygen atoms in total. The van der Waals surface area contributed by atoms with Crippen LogP contribution in [0.3, 0.4) is 0 Å². The van der Waals surface area contributed by atoms with E-state index in [-0.39, 0.29) is 22.5 Å². The molecule has 1 atom stereocenters. The Bertz CT molecular complexity index is 637. The van der Waals surface area contributed by atoms with E-state index >= 15 is 0 Å². The van der Waals surface area contributed by atoms with Gasteiger partial charge in [-0.2, -0.15) is 4.31 Å². The lowest BCUT2D eigenvalue weighted by atomic mass is 10.1. The Hall–Kier alpha value is -1.38. The number of aromatic carboxylic acids is 1. The minimum absolute atomic E-state index is 0.0562.